The van der Waals surface area contributed by atoms with Crippen LogP contribution in [0.2, 0.25) is 0 Å². The molecule has 3 rings (SSSR count). The number of anilines is 1. The molecule has 0 saturated carbocycles. The smallest absolute Gasteiger partial charge is 0.248 e. The summed E-state index contributed by atoms with van der Waals surface area (Å²) in [5.74, 6) is 1.17. The summed E-state index contributed by atoms with van der Waals surface area (Å²) < 4.78 is 2.01. The Morgan fingerprint density at radius 3 is 2.25 bits per heavy atom. The molecule has 28 heavy (non-hydrogen) atoms. The maximum atomic E-state index is 11.2. The molecule has 2 aromatic carbocycles. The van der Waals surface area contributed by atoms with Gasteiger partial charge >= 0.3 is 0 Å². The standard InChI is InChI=1S/C21H25N5OS/c1-4-26(5-2)18-12-10-17(11-13-18)20-23-24-21(25(20)3)28-14-15-6-8-16(9-7-15)19(22)27/h6-13H,4-5,14H2,1-3H3,(H2,22,27). The number of primary amides is 1. The van der Waals surface area contributed by atoms with Crippen molar-refractivity contribution in [2.75, 3.05) is 18.0 Å². The Hall–Kier alpha value is -2.80. The average molecular weight is 396 g/mol. The molecule has 0 fully saturated rings. The molecule has 0 saturated heterocycles. The Kier molecular flexibility index (Phi) is 6.36. The lowest BCUT2D eigenvalue weighted by molar-refractivity contribution is 0.100. The van der Waals surface area contributed by atoms with Crippen molar-refractivity contribution in [2.45, 2.75) is 24.8 Å². The minimum absolute atomic E-state index is 0.413. The maximum absolute atomic E-state index is 11.2. The first-order valence-electron chi connectivity index (χ1n) is 9.29. The number of carbonyl (C=O) groups is 1. The van der Waals surface area contributed by atoms with Crippen LogP contribution in [-0.4, -0.2) is 33.8 Å². The van der Waals surface area contributed by atoms with E-state index in [1.54, 1.807) is 23.9 Å². The van der Waals surface area contributed by atoms with E-state index in [2.05, 4.69) is 53.2 Å². The number of nitrogens with two attached hydrogens (primary N) is 1. The predicted octanol–water partition coefficient (Wildman–Crippen LogP) is 3.72. The van der Waals surface area contributed by atoms with Crippen LogP contribution in [0.5, 0.6) is 0 Å². The van der Waals surface area contributed by atoms with Crippen molar-refractivity contribution in [1.82, 2.24) is 14.8 Å². The first kappa shape index (κ1) is 19.9. The van der Waals surface area contributed by atoms with Crippen molar-refractivity contribution in [3.05, 3.63) is 59.7 Å². The fraction of sp³-hybridized carbons (Fsp3) is 0.286. The maximum Gasteiger partial charge on any atom is 0.248 e. The summed E-state index contributed by atoms with van der Waals surface area (Å²) in [7, 11) is 1.98. The summed E-state index contributed by atoms with van der Waals surface area (Å²) >= 11 is 1.61. The lowest BCUT2D eigenvalue weighted by atomic mass is 10.1. The number of hydrogen-bond donors (Lipinski definition) is 1. The second-order valence-electron chi connectivity index (χ2n) is 6.43. The second kappa shape index (κ2) is 8.93. The van der Waals surface area contributed by atoms with Gasteiger partial charge in [-0.15, -0.1) is 10.2 Å². The van der Waals surface area contributed by atoms with Crippen LogP contribution in [0.1, 0.15) is 29.8 Å². The molecule has 1 heterocycles. The normalized spacial score (nSPS) is 10.8. The van der Waals surface area contributed by atoms with Gasteiger partial charge in [0.05, 0.1) is 0 Å². The SMILES string of the molecule is CCN(CC)c1ccc(-c2nnc(SCc3ccc(C(N)=O)cc3)n2C)cc1. The number of nitrogens with zero attached hydrogens (tertiary/aromatic N) is 4. The van der Waals surface area contributed by atoms with Gasteiger partial charge in [-0.05, 0) is 55.8 Å². The summed E-state index contributed by atoms with van der Waals surface area (Å²) in [6, 6.07) is 15.8. The summed E-state index contributed by atoms with van der Waals surface area (Å²) in [6.07, 6.45) is 0. The van der Waals surface area contributed by atoms with Crippen LogP contribution in [0.15, 0.2) is 53.7 Å². The lowest BCUT2D eigenvalue weighted by Gasteiger charge is -2.21. The van der Waals surface area contributed by atoms with E-state index in [9.17, 15) is 4.79 Å². The van der Waals surface area contributed by atoms with Crippen molar-refractivity contribution in [3.63, 3.8) is 0 Å². The van der Waals surface area contributed by atoms with Crippen molar-refractivity contribution >= 4 is 23.4 Å². The number of benzene rings is 2. The van der Waals surface area contributed by atoms with Gasteiger partial charge in [0.2, 0.25) is 5.91 Å². The molecular weight excluding hydrogens is 370 g/mol. The van der Waals surface area contributed by atoms with Gasteiger partial charge in [0.25, 0.3) is 0 Å². The highest BCUT2D eigenvalue weighted by Gasteiger charge is 2.12. The van der Waals surface area contributed by atoms with Crippen LogP contribution in [0.4, 0.5) is 5.69 Å². The molecule has 0 spiro atoms. The number of thioether (sulfide) groups is 1. The summed E-state index contributed by atoms with van der Waals surface area (Å²) in [4.78, 5) is 13.5. The molecule has 7 heteroatoms. The van der Waals surface area contributed by atoms with E-state index in [0.29, 0.717) is 5.56 Å². The molecule has 0 aliphatic rings. The van der Waals surface area contributed by atoms with E-state index < -0.39 is 5.91 Å². The molecule has 3 aromatic rings. The van der Waals surface area contributed by atoms with Gasteiger partial charge in [-0.25, -0.2) is 0 Å². The van der Waals surface area contributed by atoms with Crippen LogP contribution < -0.4 is 10.6 Å². The van der Waals surface area contributed by atoms with E-state index >= 15 is 0 Å². The molecule has 2 N–H and O–H groups in total. The number of carbonyl (C=O) groups excluding carboxylic acids is 1. The molecule has 0 bridgehead atoms. The number of rotatable bonds is 8. The van der Waals surface area contributed by atoms with Crippen LogP contribution in [0.25, 0.3) is 11.4 Å². The van der Waals surface area contributed by atoms with Crippen LogP contribution in [0, 0.1) is 0 Å². The minimum atomic E-state index is -0.413. The van der Waals surface area contributed by atoms with Gasteiger partial charge in [0.15, 0.2) is 11.0 Å². The lowest BCUT2D eigenvalue weighted by Crippen LogP contribution is -2.21. The van der Waals surface area contributed by atoms with Crippen molar-refractivity contribution < 1.29 is 4.79 Å². The molecule has 146 valence electrons. The fourth-order valence-corrected chi connectivity index (χ4v) is 3.88. The fourth-order valence-electron chi connectivity index (χ4n) is 3.02. The highest BCUT2D eigenvalue weighted by Crippen LogP contribution is 2.26. The molecule has 0 radical (unpaired) electrons. The quantitative estimate of drug-likeness (QED) is 0.588. The molecule has 1 amide bonds. The largest absolute Gasteiger partial charge is 0.372 e. The Labute approximate surface area is 169 Å². The van der Waals surface area contributed by atoms with Crippen molar-refractivity contribution in [1.29, 1.82) is 0 Å². The third-order valence-corrected chi connectivity index (χ3v) is 5.79. The van der Waals surface area contributed by atoms with Crippen LogP contribution in [-0.2, 0) is 12.8 Å². The average Bonchev–Trinajstić information content (AvgIpc) is 3.08. The Morgan fingerprint density at radius 2 is 1.68 bits per heavy atom. The number of amides is 1. The first-order valence-corrected chi connectivity index (χ1v) is 10.3. The molecule has 0 unspecified atom stereocenters. The summed E-state index contributed by atoms with van der Waals surface area (Å²) in [6.45, 7) is 6.29. The third-order valence-electron chi connectivity index (χ3n) is 4.70. The van der Waals surface area contributed by atoms with Gasteiger partial charge in [0.1, 0.15) is 0 Å². The molecule has 0 aliphatic carbocycles. The second-order valence-corrected chi connectivity index (χ2v) is 7.38. The minimum Gasteiger partial charge on any atom is -0.372 e. The van der Waals surface area contributed by atoms with E-state index in [4.69, 9.17) is 5.73 Å². The first-order chi connectivity index (χ1) is 13.5. The zero-order valence-electron chi connectivity index (χ0n) is 16.4. The highest BCUT2D eigenvalue weighted by atomic mass is 32.2. The Bertz CT molecular complexity index is 930. The highest BCUT2D eigenvalue weighted by molar-refractivity contribution is 7.98. The number of hydrogen-bond acceptors (Lipinski definition) is 5. The van der Waals surface area contributed by atoms with Crippen molar-refractivity contribution in [3.8, 4) is 11.4 Å². The van der Waals surface area contributed by atoms with E-state index in [-0.39, 0.29) is 0 Å². The van der Waals surface area contributed by atoms with E-state index in [1.807, 2.05) is 23.7 Å². The van der Waals surface area contributed by atoms with Gasteiger partial charge in [0, 0.05) is 42.7 Å². The predicted molar refractivity (Wildman–Crippen MR) is 115 cm³/mol. The third kappa shape index (κ3) is 4.36. The van der Waals surface area contributed by atoms with Gasteiger partial charge in [-0.1, -0.05) is 23.9 Å². The Morgan fingerprint density at radius 1 is 1.04 bits per heavy atom. The van der Waals surface area contributed by atoms with Crippen LogP contribution in [0.3, 0.4) is 0 Å². The van der Waals surface area contributed by atoms with Gasteiger partial charge < -0.3 is 15.2 Å². The molecule has 0 aliphatic heterocycles. The van der Waals surface area contributed by atoms with Gasteiger partial charge in [-0.2, -0.15) is 0 Å². The zero-order valence-corrected chi connectivity index (χ0v) is 17.2. The van der Waals surface area contributed by atoms with Crippen molar-refractivity contribution in [2.24, 2.45) is 12.8 Å². The molecule has 0 atom stereocenters. The summed E-state index contributed by atoms with van der Waals surface area (Å²) in [5, 5.41) is 9.55. The number of aromatic nitrogens is 3. The Balaban J connectivity index is 1.70. The van der Waals surface area contributed by atoms with Gasteiger partial charge in [-0.3, -0.25) is 4.79 Å². The molecule has 6 nitrogen and oxygen atoms in total. The summed E-state index contributed by atoms with van der Waals surface area (Å²) in [5.41, 5.74) is 9.15. The monoisotopic (exact) mass is 395 g/mol. The molecule has 1 aromatic heterocycles. The van der Waals surface area contributed by atoms with Crippen LogP contribution >= 0.6 is 11.8 Å². The topological polar surface area (TPSA) is 77.0 Å². The van der Waals surface area contributed by atoms with E-state index in [0.717, 1.165) is 41.0 Å². The van der Waals surface area contributed by atoms with E-state index in [1.165, 1.54) is 5.69 Å². The zero-order chi connectivity index (χ0) is 20.1. The molecular formula is C21H25N5OS.